The first-order chi connectivity index (χ1) is 10.1. The number of benzene rings is 2. The van der Waals surface area contributed by atoms with E-state index in [2.05, 4.69) is 32.6 Å². The molecule has 0 aromatic heterocycles. The summed E-state index contributed by atoms with van der Waals surface area (Å²) in [5.41, 5.74) is 1.49. The van der Waals surface area contributed by atoms with Gasteiger partial charge in [0.15, 0.2) is 5.11 Å². The molecule has 0 aliphatic heterocycles. The van der Waals surface area contributed by atoms with Gasteiger partial charge in [-0.3, -0.25) is 10.1 Å². The smallest absolute Gasteiger partial charge is 0.258 e. The number of rotatable bonds is 2. The average Bonchev–Trinajstić information content (AvgIpc) is 2.48. The van der Waals surface area contributed by atoms with Crippen molar-refractivity contribution in [2.75, 3.05) is 5.32 Å². The molecular weight excluding hydrogens is 350 g/mol. The van der Waals surface area contributed by atoms with Crippen LogP contribution < -0.4 is 10.6 Å². The number of thiocarbonyl (C=S) groups is 1. The zero-order chi connectivity index (χ0) is 15.2. The molecule has 0 aliphatic carbocycles. The van der Waals surface area contributed by atoms with Crippen LogP contribution in [-0.4, -0.2) is 11.0 Å². The summed E-state index contributed by atoms with van der Waals surface area (Å²) in [5, 5.41) is 14.6. The van der Waals surface area contributed by atoms with Crippen LogP contribution in [0.5, 0.6) is 0 Å². The maximum Gasteiger partial charge on any atom is 0.258 e. The van der Waals surface area contributed by atoms with Gasteiger partial charge in [0.25, 0.3) is 5.91 Å². The molecule has 2 rings (SSSR count). The lowest BCUT2D eigenvalue weighted by atomic mass is 10.2. The first-order valence-corrected chi connectivity index (χ1v) is 7.18. The number of nitriles is 1. The third kappa shape index (κ3) is 3.88. The van der Waals surface area contributed by atoms with Crippen molar-refractivity contribution in [1.82, 2.24) is 5.32 Å². The van der Waals surface area contributed by atoms with Crippen molar-refractivity contribution < 1.29 is 4.79 Å². The number of nitrogens with zero attached hydrogens (tertiary/aromatic N) is 1. The summed E-state index contributed by atoms with van der Waals surface area (Å²) in [6.45, 7) is 0. The Balaban J connectivity index is 2.08. The Labute approximate surface area is 135 Å². The monoisotopic (exact) mass is 359 g/mol. The molecule has 0 heterocycles. The SMILES string of the molecule is N#Cc1ccccc1NC(=S)NC(=O)c1ccccc1Br. The predicted molar refractivity (Wildman–Crippen MR) is 89.0 cm³/mol. The zero-order valence-electron chi connectivity index (χ0n) is 10.8. The zero-order valence-corrected chi connectivity index (χ0v) is 13.2. The summed E-state index contributed by atoms with van der Waals surface area (Å²) >= 11 is 8.40. The molecular formula is C15H10BrN3OS. The Hall–Kier alpha value is -2.23. The van der Waals surface area contributed by atoms with Crippen LogP contribution in [0.2, 0.25) is 0 Å². The molecule has 1 amide bonds. The summed E-state index contributed by atoms with van der Waals surface area (Å²) in [6.07, 6.45) is 0. The summed E-state index contributed by atoms with van der Waals surface area (Å²) < 4.78 is 0.683. The number of hydrogen-bond acceptors (Lipinski definition) is 3. The van der Waals surface area contributed by atoms with E-state index in [0.717, 1.165) is 0 Å². The van der Waals surface area contributed by atoms with Crippen LogP contribution in [0.15, 0.2) is 53.0 Å². The number of amides is 1. The maximum atomic E-state index is 12.1. The van der Waals surface area contributed by atoms with E-state index in [1.165, 1.54) is 0 Å². The molecule has 0 saturated heterocycles. The van der Waals surface area contributed by atoms with Gasteiger partial charge in [-0.1, -0.05) is 24.3 Å². The molecule has 21 heavy (non-hydrogen) atoms. The fourth-order valence-electron chi connectivity index (χ4n) is 1.66. The highest BCUT2D eigenvalue weighted by Crippen LogP contribution is 2.16. The minimum atomic E-state index is -0.325. The maximum absolute atomic E-state index is 12.1. The lowest BCUT2D eigenvalue weighted by Crippen LogP contribution is -2.34. The van der Waals surface area contributed by atoms with Gasteiger partial charge >= 0.3 is 0 Å². The van der Waals surface area contributed by atoms with E-state index in [1.54, 1.807) is 42.5 Å². The molecule has 104 valence electrons. The van der Waals surface area contributed by atoms with Gasteiger partial charge in [-0.05, 0) is 52.4 Å². The lowest BCUT2D eigenvalue weighted by Gasteiger charge is -2.11. The van der Waals surface area contributed by atoms with E-state index in [1.807, 2.05) is 6.07 Å². The van der Waals surface area contributed by atoms with Crippen molar-refractivity contribution in [3.8, 4) is 6.07 Å². The molecule has 4 nitrogen and oxygen atoms in total. The van der Waals surface area contributed by atoms with E-state index in [4.69, 9.17) is 17.5 Å². The second-order valence-corrected chi connectivity index (χ2v) is 5.31. The highest BCUT2D eigenvalue weighted by Gasteiger charge is 2.11. The minimum absolute atomic E-state index is 0.137. The number of carbonyl (C=O) groups excluding carboxylic acids is 1. The lowest BCUT2D eigenvalue weighted by molar-refractivity contribution is 0.0977. The van der Waals surface area contributed by atoms with E-state index in [0.29, 0.717) is 21.3 Å². The molecule has 0 atom stereocenters. The van der Waals surface area contributed by atoms with Crippen LogP contribution in [-0.2, 0) is 0 Å². The molecule has 6 heteroatoms. The molecule has 0 bridgehead atoms. The highest BCUT2D eigenvalue weighted by molar-refractivity contribution is 9.10. The Bertz CT molecular complexity index is 740. The van der Waals surface area contributed by atoms with Crippen LogP contribution in [0, 0.1) is 11.3 Å². The van der Waals surface area contributed by atoms with Gasteiger partial charge in [0.2, 0.25) is 0 Å². The second-order valence-electron chi connectivity index (χ2n) is 4.05. The molecule has 0 spiro atoms. The first kappa shape index (κ1) is 15.2. The van der Waals surface area contributed by atoms with Crippen LogP contribution in [0.1, 0.15) is 15.9 Å². The standard InChI is InChI=1S/C15H10BrN3OS/c16-12-7-3-2-6-11(12)14(20)19-15(21)18-13-8-4-1-5-10(13)9-17/h1-8H,(H2,18,19,20,21). The number of halogens is 1. The van der Waals surface area contributed by atoms with Gasteiger partial charge < -0.3 is 5.32 Å². The van der Waals surface area contributed by atoms with Crippen molar-refractivity contribution >= 4 is 44.9 Å². The van der Waals surface area contributed by atoms with E-state index < -0.39 is 0 Å². The predicted octanol–water partition coefficient (Wildman–Crippen LogP) is 3.45. The van der Waals surface area contributed by atoms with Crippen molar-refractivity contribution in [1.29, 1.82) is 5.26 Å². The van der Waals surface area contributed by atoms with Crippen molar-refractivity contribution in [3.63, 3.8) is 0 Å². The molecule has 0 saturated carbocycles. The normalized spacial score (nSPS) is 9.52. The minimum Gasteiger partial charge on any atom is -0.331 e. The number of anilines is 1. The first-order valence-electron chi connectivity index (χ1n) is 5.98. The second kappa shape index (κ2) is 6.97. The quantitative estimate of drug-likeness (QED) is 0.806. The van der Waals surface area contributed by atoms with E-state index >= 15 is 0 Å². The topological polar surface area (TPSA) is 64.9 Å². The fraction of sp³-hybridized carbons (Fsp3) is 0. The molecule has 0 aliphatic rings. The third-order valence-electron chi connectivity index (χ3n) is 2.64. The van der Waals surface area contributed by atoms with Gasteiger partial charge in [-0.25, -0.2) is 0 Å². The number of para-hydroxylation sites is 1. The van der Waals surface area contributed by atoms with Crippen LogP contribution in [0.25, 0.3) is 0 Å². The van der Waals surface area contributed by atoms with Gasteiger partial charge in [-0.2, -0.15) is 5.26 Å². The van der Waals surface area contributed by atoms with Crippen molar-refractivity contribution in [3.05, 3.63) is 64.1 Å². The summed E-state index contributed by atoms with van der Waals surface area (Å²) in [5.74, 6) is -0.325. The molecule has 2 N–H and O–H groups in total. The van der Waals surface area contributed by atoms with Crippen molar-refractivity contribution in [2.24, 2.45) is 0 Å². The molecule has 0 radical (unpaired) electrons. The largest absolute Gasteiger partial charge is 0.331 e. The van der Waals surface area contributed by atoms with Crippen molar-refractivity contribution in [2.45, 2.75) is 0 Å². The summed E-state index contributed by atoms with van der Waals surface area (Å²) in [7, 11) is 0. The Kier molecular flexibility index (Phi) is 5.04. The molecule has 2 aromatic carbocycles. The Morgan fingerprint density at radius 1 is 1.14 bits per heavy atom. The summed E-state index contributed by atoms with van der Waals surface area (Å²) in [6, 6.07) is 16.0. The Morgan fingerprint density at radius 2 is 1.81 bits per heavy atom. The summed E-state index contributed by atoms with van der Waals surface area (Å²) in [4.78, 5) is 12.1. The van der Waals surface area contributed by atoms with Gasteiger partial charge in [0.1, 0.15) is 6.07 Å². The highest BCUT2D eigenvalue weighted by atomic mass is 79.9. The third-order valence-corrected chi connectivity index (χ3v) is 3.54. The Morgan fingerprint density at radius 3 is 2.52 bits per heavy atom. The average molecular weight is 360 g/mol. The van der Waals surface area contributed by atoms with Crippen LogP contribution in [0.3, 0.4) is 0 Å². The van der Waals surface area contributed by atoms with E-state index in [-0.39, 0.29) is 11.0 Å². The van der Waals surface area contributed by atoms with Crippen LogP contribution >= 0.6 is 28.1 Å². The van der Waals surface area contributed by atoms with Gasteiger partial charge in [-0.15, -0.1) is 0 Å². The molecule has 2 aromatic rings. The molecule has 0 fully saturated rings. The van der Waals surface area contributed by atoms with Gasteiger partial charge in [0, 0.05) is 4.47 Å². The van der Waals surface area contributed by atoms with Crippen LogP contribution in [0.4, 0.5) is 5.69 Å². The fourth-order valence-corrected chi connectivity index (χ4v) is 2.33. The van der Waals surface area contributed by atoms with E-state index in [9.17, 15) is 4.79 Å². The number of nitrogens with one attached hydrogen (secondary N) is 2. The number of hydrogen-bond donors (Lipinski definition) is 2. The van der Waals surface area contributed by atoms with Gasteiger partial charge in [0.05, 0.1) is 16.8 Å². The molecule has 0 unspecified atom stereocenters. The number of carbonyl (C=O) groups is 1.